The molecule has 1 heterocycles. The Morgan fingerprint density at radius 3 is 2.90 bits per heavy atom. The molecule has 106 valence electrons. The predicted octanol–water partition coefficient (Wildman–Crippen LogP) is 2.53. The van der Waals surface area contributed by atoms with E-state index in [-0.39, 0.29) is 5.91 Å². The molecule has 0 saturated carbocycles. The lowest BCUT2D eigenvalue weighted by atomic mass is 10.2. The zero-order chi connectivity index (χ0) is 14.5. The van der Waals surface area contributed by atoms with Gasteiger partial charge in [0.2, 0.25) is 0 Å². The van der Waals surface area contributed by atoms with Crippen LogP contribution in [0.2, 0.25) is 5.02 Å². The molecular formula is C14H17ClN4O. The third kappa shape index (κ3) is 3.30. The molecule has 1 amide bonds. The van der Waals surface area contributed by atoms with Gasteiger partial charge in [-0.3, -0.25) is 9.48 Å². The number of anilines is 1. The molecule has 0 radical (unpaired) electrons. The number of amides is 1. The molecule has 0 atom stereocenters. The van der Waals surface area contributed by atoms with E-state index in [1.165, 1.54) is 0 Å². The second kappa shape index (κ2) is 6.43. The van der Waals surface area contributed by atoms with Gasteiger partial charge in [-0.2, -0.15) is 5.10 Å². The van der Waals surface area contributed by atoms with Crippen LogP contribution in [0.15, 0.2) is 30.6 Å². The third-order valence-corrected chi connectivity index (χ3v) is 3.27. The summed E-state index contributed by atoms with van der Waals surface area (Å²) in [7, 11) is 1.58. The number of carbonyl (C=O) groups is 1. The van der Waals surface area contributed by atoms with E-state index in [1.807, 2.05) is 30.1 Å². The molecule has 0 unspecified atom stereocenters. The standard InChI is InChI=1S/C14H17ClN4O/c1-3-19-9-10(8-18-19)7-17-11-4-5-13(15)12(6-11)14(20)16-2/h4-6,8-9,17H,3,7H2,1-2H3,(H,16,20). The van der Waals surface area contributed by atoms with Crippen LogP contribution in [0, 0.1) is 0 Å². The largest absolute Gasteiger partial charge is 0.381 e. The number of aryl methyl sites for hydroxylation is 1. The normalized spacial score (nSPS) is 10.3. The van der Waals surface area contributed by atoms with Crippen molar-refractivity contribution in [1.29, 1.82) is 0 Å². The van der Waals surface area contributed by atoms with Crippen molar-refractivity contribution in [3.05, 3.63) is 46.7 Å². The number of benzene rings is 1. The summed E-state index contributed by atoms with van der Waals surface area (Å²) < 4.78 is 1.87. The van der Waals surface area contributed by atoms with Gasteiger partial charge in [-0.1, -0.05) is 11.6 Å². The van der Waals surface area contributed by atoms with Gasteiger partial charge in [0.05, 0.1) is 16.8 Å². The molecule has 0 aliphatic carbocycles. The molecule has 2 aromatic rings. The van der Waals surface area contributed by atoms with Crippen molar-refractivity contribution < 1.29 is 4.79 Å². The molecule has 20 heavy (non-hydrogen) atoms. The van der Waals surface area contributed by atoms with Crippen molar-refractivity contribution in [3.8, 4) is 0 Å². The highest BCUT2D eigenvalue weighted by Crippen LogP contribution is 2.21. The molecule has 5 nitrogen and oxygen atoms in total. The Hall–Kier alpha value is -2.01. The number of hydrogen-bond acceptors (Lipinski definition) is 3. The van der Waals surface area contributed by atoms with Crippen molar-refractivity contribution in [2.45, 2.75) is 20.0 Å². The zero-order valence-electron chi connectivity index (χ0n) is 11.5. The van der Waals surface area contributed by atoms with Gasteiger partial charge in [0.25, 0.3) is 5.91 Å². The smallest absolute Gasteiger partial charge is 0.252 e. The Balaban J connectivity index is 2.08. The van der Waals surface area contributed by atoms with E-state index in [4.69, 9.17) is 11.6 Å². The summed E-state index contributed by atoms with van der Waals surface area (Å²) in [6, 6.07) is 5.30. The maximum absolute atomic E-state index is 11.7. The van der Waals surface area contributed by atoms with Gasteiger partial charge in [0.15, 0.2) is 0 Å². The molecule has 0 aliphatic heterocycles. The van der Waals surface area contributed by atoms with Crippen LogP contribution in [0.25, 0.3) is 0 Å². The molecule has 1 aromatic heterocycles. The van der Waals surface area contributed by atoms with Crippen LogP contribution in [-0.2, 0) is 13.1 Å². The van der Waals surface area contributed by atoms with E-state index in [1.54, 1.807) is 19.2 Å². The lowest BCUT2D eigenvalue weighted by Gasteiger charge is -2.08. The average Bonchev–Trinajstić information content (AvgIpc) is 2.93. The Morgan fingerprint density at radius 2 is 2.25 bits per heavy atom. The minimum absolute atomic E-state index is 0.197. The molecule has 1 aromatic carbocycles. The van der Waals surface area contributed by atoms with E-state index < -0.39 is 0 Å². The minimum Gasteiger partial charge on any atom is -0.381 e. The van der Waals surface area contributed by atoms with Crippen LogP contribution >= 0.6 is 11.6 Å². The minimum atomic E-state index is -0.197. The summed E-state index contributed by atoms with van der Waals surface area (Å²) in [5, 5.41) is 10.5. The quantitative estimate of drug-likeness (QED) is 0.890. The molecule has 0 aliphatic rings. The second-order valence-corrected chi connectivity index (χ2v) is 4.74. The molecular weight excluding hydrogens is 276 g/mol. The summed E-state index contributed by atoms with van der Waals surface area (Å²) >= 11 is 6.01. The maximum Gasteiger partial charge on any atom is 0.252 e. The van der Waals surface area contributed by atoms with Gasteiger partial charge >= 0.3 is 0 Å². The summed E-state index contributed by atoms with van der Waals surface area (Å²) in [5.74, 6) is -0.197. The van der Waals surface area contributed by atoms with Crippen LogP contribution in [0.3, 0.4) is 0 Å². The highest BCUT2D eigenvalue weighted by Gasteiger charge is 2.09. The van der Waals surface area contributed by atoms with Gasteiger partial charge in [-0.25, -0.2) is 0 Å². The third-order valence-electron chi connectivity index (χ3n) is 2.95. The van der Waals surface area contributed by atoms with E-state index >= 15 is 0 Å². The molecule has 0 saturated heterocycles. The average molecular weight is 293 g/mol. The lowest BCUT2D eigenvalue weighted by molar-refractivity contribution is 0.0963. The monoisotopic (exact) mass is 292 g/mol. The Labute approximate surface area is 122 Å². The SMILES string of the molecule is CCn1cc(CNc2ccc(Cl)c(C(=O)NC)c2)cn1. The van der Waals surface area contributed by atoms with Crippen molar-refractivity contribution in [3.63, 3.8) is 0 Å². The van der Waals surface area contributed by atoms with Crippen LogP contribution < -0.4 is 10.6 Å². The van der Waals surface area contributed by atoms with Crippen LogP contribution in [0.4, 0.5) is 5.69 Å². The number of halogens is 1. The number of nitrogens with zero attached hydrogens (tertiary/aromatic N) is 2. The Bertz CT molecular complexity index is 609. The van der Waals surface area contributed by atoms with Crippen molar-refractivity contribution in [1.82, 2.24) is 15.1 Å². The van der Waals surface area contributed by atoms with Gasteiger partial charge in [0, 0.05) is 37.6 Å². The first-order chi connectivity index (χ1) is 9.63. The zero-order valence-corrected chi connectivity index (χ0v) is 12.2. The van der Waals surface area contributed by atoms with E-state index in [2.05, 4.69) is 15.7 Å². The predicted molar refractivity (Wildman–Crippen MR) is 80.1 cm³/mol. The Morgan fingerprint density at radius 1 is 1.45 bits per heavy atom. The first-order valence-corrected chi connectivity index (χ1v) is 6.78. The molecule has 2 N–H and O–H groups in total. The molecule has 0 bridgehead atoms. The van der Waals surface area contributed by atoms with Crippen LogP contribution in [0.5, 0.6) is 0 Å². The maximum atomic E-state index is 11.7. The van der Waals surface area contributed by atoms with Gasteiger partial charge < -0.3 is 10.6 Å². The first kappa shape index (κ1) is 14.4. The molecule has 0 fully saturated rings. The van der Waals surface area contributed by atoms with Crippen molar-refractivity contribution >= 4 is 23.2 Å². The van der Waals surface area contributed by atoms with E-state index in [0.29, 0.717) is 17.1 Å². The van der Waals surface area contributed by atoms with Gasteiger partial charge in [-0.05, 0) is 25.1 Å². The van der Waals surface area contributed by atoms with E-state index in [9.17, 15) is 4.79 Å². The summed E-state index contributed by atoms with van der Waals surface area (Å²) in [6.07, 6.45) is 3.81. The highest BCUT2D eigenvalue weighted by atomic mass is 35.5. The number of carbonyl (C=O) groups excluding carboxylic acids is 1. The number of aromatic nitrogens is 2. The van der Waals surface area contributed by atoms with Crippen LogP contribution in [0.1, 0.15) is 22.8 Å². The van der Waals surface area contributed by atoms with E-state index in [0.717, 1.165) is 17.8 Å². The van der Waals surface area contributed by atoms with Gasteiger partial charge in [-0.15, -0.1) is 0 Å². The topological polar surface area (TPSA) is 59.0 Å². The number of hydrogen-bond donors (Lipinski definition) is 2. The summed E-state index contributed by atoms with van der Waals surface area (Å²) in [5.41, 5.74) is 2.39. The summed E-state index contributed by atoms with van der Waals surface area (Å²) in [4.78, 5) is 11.7. The number of nitrogens with one attached hydrogen (secondary N) is 2. The number of rotatable bonds is 5. The molecule has 0 spiro atoms. The fraction of sp³-hybridized carbons (Fsp3) is 0.286. The fourth-order valence-corrected chi connectivity index (χ4v) is 2.02. The van der Waals surface area contributed by atoms with Gasteiger partial charge in [0.1, 0.15) is 0 Å². The van der Waals surface area contributed by atoms with Crippen molar-refractivity contribution in [2.24, 2.45) is 0 Å². The van der Waals surface area contributed by atoms with Crippen molar-refractivity contribution in [2.75, 3.05) is 12.4 Å². The second-order valence-electron chi connectivity index (χ2n) is 4.33. The highest BCUT2D eigenvalue weighted by molar-refractivity contribution is 6.34. The van der Waals surface area contributed by atoms with Crippen LogP contribution in [-0.4, -0.2) is 22.7 Å². The summed E-state index contributed by atoms with van der Waals surface area (Å²) in [6.45, 7) is 3.54. The lowest BCUT2D eigenvalue weighted by Crippen LogP contribution is -2.18. The fourth-order valence-electron chi connectivity index (χ4n) is 1.82. The molecule has 6 heteroatoms. The molecule has 2 rings (SSSR count). The Kier molecular flexibility index (Phi) is 4.63. The first-order valence-electron chi connectivity index (χ1n) is 6.41.